The molecule has 1 saturated carbocycles. The number of benzene rings is 2. The molecule has 9 heteroatoms. The number of fused-ring (bicyclic) bond motifs is 3. The highest BCUT2D eigenvalue weighted by Gasteiger charge is 2.43. The first-order valence-electron chi connectivity index (χ1n) is 11.0. The number of alkyl carbamates (subject to hydrolysis) is 1. The standard InChI is InChI=1S/C25H23N3O6/c29-23(26-10-14-9-19(14)24(30)31)22-21(34-13-28-22)11-27-25(32)33-12-20-17-7-3-1-5-15(17)16-6-2-4-8-18(16)20/h1-8,13-14,19-20H,9-12H2,(H,26,29)(H,27,32)(H,30,31). The second kappa shape index (κ2) is 9.01. The van der Waals surface area contributed by atoms with Crippen LogP contribution in [0.5, 0.6) is 0 Å². The minimum atomic E-state index is -0.853. The average molecular weight is 461 g/mol. The van der Waals surface area contributed by atoms with Crippen LogP contribution in [0.15, 0.2) is 59.3 Å². The summed E-state index contributed by atoms with van der Waals surface area (Å²) in [6.07, 6.45) is 1.04. The Morgan fingerprint density at radius 3 is 2.35 bits per heavy atom. The van der Waals surface area contributed by atoms with Crippen molar-refractivity contribution in [1.82, 2.24) is 15.6 Å². The Bertz CT molecular complexity index is 1210. The molecule has 3 aromatic rings. The summed E-state index contributed by atoms with van der Waals surface area (Å²) in [6.45, 7) is 0.359. The van der Waals surface area contributed by atoms with Crippen molar-refractivity contribution in [3.8, 4) is 11.1 Å². The van der Waals surface area contributed by atoms with Crippen LogP contribution in [0.25, 0.3) is 11.1 Å². The summed E-state index contributed by atoms with van der Waals surface area (Å²) in [6, 6.07) is 16.1. The van der Waals surface area contributed by atoms with E-state index in [2.05, 4.69) is 27.8 Å². The molecule has 2 aromatic carbocycles. The Morgan fingerprint density at radius 1 is 1.03 bits per heavy atom. The maximum absolute atomic E-state index is 12.4. The molecule has 2 aliphatic carbocycles. The average Bonchev–Trinajstić information content (AvgIpc) is 3.36. The molecule has 5 rings (SSSR count). The smallest absolute Gasteiger partial charge is 0.407 e. The second-order valence-electron chi connectivity index (χ2n) is 8.45. The summed E-state index contributed by atoms with van der Waals surface area (Å²) < 4.78 is 10.7. The van der Waals surface area contributed by atoms with Crippen LogP contribution in [0.4, 0.5) is 4.79 Å². The van der Waals surface area contributed by atoms with Crippen molar-refractivity contribution in [2.45, 2.75) is 18.9 Å². The molecule has 1 fully saturated rings. The first kappa shape index (κ1) is 21.7. The van der Waals surface area contributed by atoms with Crippen LogP contribution in [0.1, 0.15) is 39.7 Å². The van der Waals surface area contributed by atoms with Gasteiger partial charge >= 0.3 is 12.1 Å². The number of nitrogens with zero attached hydrogens (tertiary/aromatic N) is 1. The number of aromatic nitrogens is 1. The number of aliphatic carboxylic acids is 1. The van der Waals surface area contributed by atoms with E-state index in [1.54, 1.807) is 0 Å². The molecule has 9 nitrogen and oxygen atoms in total. The maximum Gasteiger partial charge on any atom is 0.407 e. The number of oxazole rings is 1. The molecule has 0 radical (unpaired) electrons. The van der Waals surface area contributed by atoms with Gasteiger partial charge in [-0.25, -0.2) is 9.78 Å². The van der Waals surface area contributed by atoms with Crippen LogP contribution >= 0.6 is 0 Å². The number of nitrogens with one attached hydrogen (secondary N) is 2. The molecule has 2 unspecified atom stereocenters. The summed E-state index contributed by atoms with van der Waals surface area (Å²) >= 11 is 0. The molecule has 174 valence electrons. The maximum atomic E-state index is 12.4. The number of hydrogen-bond donors (Lipinski definition) is 3. The van der Waals surface area contributed by atoms with Gasteiger partial charge in [-0.2, -0.15) is 0 Å². The Kier molecular flexibility index (Phi) is 5.75. The monoisotopic (exact) mass is 461 g/mol. The number of ether oxygens (including phenoxy) is 1. The summed E-state index contributed by atoms with van der Waals surface area (Å²) in [4.78, 5) is 39.6. The van der Waals surface area contributed by atoms with Crippen molar-refractivity contribution in [2.75, 3.05) is 13.2 Å². The number of carboxylic acid groups (broad SMARTS) is 1. The van der Waals surface area contributed by atoms with E-state index in [1.807, 2.05) is 36.4 Å². The third-order valence-electron chi connectivity index (χ3n) is 6.36. The first-order chi connectivity index (χ1) is 16.5. The third kappa shape index (κ3) is 4.24. The van der Waals surface area contributed by atoms with E-state index in [1.165, 1.54) is 0 Å². The van der Waals surface area contributed by atoms with Crippen LogP contribution in [0, 0.1) is 11.8 Å². The molecular weight excluding hydrogens is 438 g/mol. The van der Waals surface area contributed by atoms with E-state index >= 15 is 0 Å². The Morgan fingerprint density at radius 2 is 1.71 bits per heavy atom. The van der Waals surface area contributed by atoms with Gasteiger partial charge in [-0.05, 0) is 34.6 Å². The summed E-state index contributed by atoms with van der Waals surface area (Å²) in [7, 11) is 0. The van der Waals surface area contributed by atoms with E-state index in [-0.39, 0.29) is 43.0 Å². The van der Waals surface area contributed by atoms with Crippen LogP contribution in [-0.2, 0) is 16.1 Å². The van der Waals surface area contributed by atoms with Gasteiger partial charge in [-0.1, -0.05) is 48.5 Å². The van der Waals surface area contributed by atoms with Crippen molar-refractivity contribution < 1.29 is 28.6 Å². The zero-order valence-corrected chi connectivity index (χ0v) is 18.2. The molecule has 0 saturated heterocycles. The van der Waals surface area contributed by atoms with Gasteiger partial charge < -0.3 is 24.9 Å². The lowest BCUT2D eigenvalue weighted by molar-refractivity contribution is -0.138. The number of carbonyl (C=O) groups excluding carboxylic acids is 2. The molecule has 0 spiro atoms. The molecule has 0 aliphatic heterocycles. The minimum Gasteiger partial charge on any atom is -0.481 e. The fourth-order valence-electron chi connectivity index (χ4n) is 4.47. The molecular formula is C25H23N3O6. The van der Waals surface area contributed by atoms with Gasteiger partial charge in [0, 0.05) is 12.5 Å². The van der Waals surface area contributed by atoms with Gasteiger partial charge in [0.1, 0.15) is 6.61 Å². The van der Waals surface area contributed by atoms with Gasteiger partial charge in [0.05, 0.1) is 12.5 Å². The van der Waals surface area contributed by atoms with Crippen molar-refractivity contribution in [2.24, 2.45) is 11.8 Å². The highest BCUT2D eigenvalue weighted by Crippen LogP contribution is 2.44. The Balaban J connectivity index is 1.14. The summed E-state index contributed by atoms with van der Waals surface area (Å²) in [5, 5.41) is 14.2. The largest absolute Gasteiger partial charge is 0.481 e. The number of carboxylic acids is 1. The van der Waals surface area contributed by atoms with Gasteiger partial charge in [0.2, 0.25) is 0 Å². The third-order valence-corrected chi connectivity index (χ3v) is 6.36. The van der Waals surface area contributed by atoms with Crippen LogP contribution < -0.4 is 10.6 Å². The van der Waals surface area contributed by atoms with Crippen molar-refractivity contribution in [3.05, 3.63) is 77.5 Å². The molecule has 3 N–H and O–H groups in total. The zero-order valence-electron chi connectivity index (χ0n) is 18.2. The van der Waals surface area contributed by atoms with Gasteiger partial charge in [0.25, 0.3) is 5.91 Å². The minimum absolute atomic E-state index is 0.0477. The highest BCUT2D eigenvalue weighted by atomic mass is 16.5. The summed E-state index contributed by atoms with van der Waals surface area (Å²) in [5.41, 5.74) is 4.57. The number of hydrogen-bond acceptors (Lipinski definition) is 6. The van der Waals surface area contributed by atoms with Gasteiger partial charge in [-0.15, -0.1) is 0 Å². The molecule has 2 atom stereocenters. The Hall–Kier alpha value is -4.14. The molecule has 2 amide bonds. The predicted molar refractivity (Wildman–Crippen MR) is 120 cm³/mol. The van der Waals surface area contributed by atoms with Crippen LogP contribution in [0.3, 0.4) is 0 Å². The predicted octanol–water partition coefficient (Wildman–Crippen LogP) is 3.16. The fraction of sp³-hybridized carbons (Fsp3) is 0.280. The first-order valence-corrected chi connectivity index (χ1v) is 11.0. The summed E-state index contributed by atoms with van der Waals surface area (Å²) in [5.74, 6) is -1.68. The lowest BCUT2D eigenvalue weighted by Gasteiger charge is -2.14. The number of rotatable bonds is 8. The molecule has 1 aromatic heterocycles. The number of amides is 2. The normalized spacial score (nSPS) is 18.0. The number of carbonyl (C=O) groups is 3. The quantitative estimate of drug-likeness (QED) is 0.470. The van der Waals surface area contributed by atoms with Crippen LogP contribution in [-0.4, -0.2) is 41.2 Å². The highest BCUT2D eigenvalue weighted by molar-refractivity contribution is 5.93. The van der Waals surface area contributed by atoms with Crippen LogP contribution in [0.2, 0.25) is 0 Å². The van der Waals surface area contributed by atoms with Crippen molar-refractivity contribution >= 4 is 18.0 Å². The van der Waals surface area contributed by atoms with E-state index in [9.17, 15) is 14.4 Å². The topological polar surface area (TPSA) is 131 Å². The van der Waals surface area contributed by atoms with Crippen molar-refractivity contribution in [1.29, 1.82) is 0 Å². The van der Waals surface area contributed by atoms with E-state index in [0.717, 1.165) is 28.6 Å². The second-order valence-corrected chi connectivity index (χ2v) is 8.45. The lowest BCUT2D eigenvalue weighted by atomic mass is 9.98. The zero-order chi connectivity index (χ0) is 23.7. The van der Waals surface area contributed by atoms with Crippen molar-refractivity contribution in [3.63, 3.8) is 0 Å². The molecule has 2 aliphatic rings. The van der Waals surface area contributed by atoms with E-state index in [4.69, 9.17) is 14.3 Å². The SMILES string of the molecule is O=C(NCc1ocnc1C(=O)NCC1CC1C(=O)O)OCC1c2ccccc2-c2ccccc21. The molecule has 34 heavy (non-hydrogen) atoms. The molecule has 1 heterocycles. The molecule has 0 bridgehead atoms. The van der Waals surface area contributed by atoms with E-state index in [0.29, 0.717) is 6.42 Å². The lowest BCUT2D eigenvalue weighted by Crippen LogP contribution is -2.29. The van der Waals surface area contributed by atoms with E-state index < -0.39 is 23.9 Å². The van der Waals surface area contributed by atoms with Gasteiger partial charge in [-0.3, -0.25) is 9.59 Å². The fourth-order valence-corrected chi connectivity index (χ4v) is 4.47. The Labute approximate surface area is 195 Å². The van der Waals surface area contributed by atoms with Gasteiger partial charge in [0.15, 0.2) is 17.8 Å².